The maximum Gasteiger partial charge on any atom is 0.201 e. The number of ketones is 1. The maximum atomic E-state index is 12.9. The summed E-state index contributed by atoms with van der Waals surface area (Å²) in [6.07, 6.45) is 0.627. The number of carbonyl (C=O) groups excluding carboxylic acids is 1. The molecule has 270 valence electrons. The molecular formula is C37H47N3O8S2. The molecule has 11 nitrogen and oxygen atoms in total. The summed E-state index contributed by atoms with van der Waals surface area (Å²) in [6, 6.07) is 5.34. The molecule has 0 aromatic heterocycles. The molecule has 7 N–H and O–H groups in total. The Morgan fingerprint density at radius 1 is 1.02 bits per heavy atom. The molecule has 3 heterocycles. The zero-order valence-electron chi connectivity index (χ0n) is 28.5. The molecule has 6 rings (SSSR count). The minimum atomic E-state index is -1.16. The van der Waals surface area contributed by atoms with Crippen molar-refractivity contribution in [2.24, 2.45) is 22.7 Å². The SMILES string of the molecule is CC(C)[C@H]1CSSC[C@H]([C@H]2Cc3c4cc(c(O)c3O[C@@H]2O)CC#Cc2c(ccc(O)c2OCO)CCC(=O)C[C@H](O)CC4)[C@H]2CCN=C(N1)N2. The van der Waals surface area contributed by atoms with Gasteiger partial charge in [0.25, 0.3) is 0 Å². The van der Waals surface area contributed by atoms with Gasteiger partial charge in [-0.3, -0.25) is 9.79 Å². The summed E-state index contributed by atoms with van der Waals surface area (Å²) in [5, 5.41) is 61.2. The molecule has 0 spiro atoms. The van der Waals surface area contributed by atoms with Crippen molar-refractivity contribution in [3.63, 3.8) is 0 Å². The van der Waals surface area contributed by atoms with Gasteiger partial charge in [-0.05, 0) is 61.1 Å². The van der Waals surface area contributed by atoms with Gasteiger partial charge in [0.05, 0.1) is 11.7 Å². The summed E-state index contributed by atoms with van der Waals surface area (Å²) < 4.78 is 11.5. The van der Waals surface area contributed by atoms with Crippen molar-refractivity contribution in [1.82, 2.24) is 10.6 Å². The zero-order valence-corrected chi connectivity index (χ0v) is 30.1. The van der Waals surface area contributed by atoms with Crippen LogP contribution in [0.3, 0.4) is 0 Å². The number of Topliss-reactive ketones (excluding diaryl/α,β-unsaturated/α-hetero) is 1. The van der Waals surface area contributed by atoms with Crippen molar-refractivity contribution in [2.45, 2.75) is 89.7 Å². The average Bonchev–Trinajstić information content (AvgIpc) is 3.09. The average molecular weight is 726 g/mol. The Morgan fingerprint density at radius 3 is 2.64 bits per heavy atom. The van der Waals surface area contributed by atoms with Crippen molar-refractivity contribution in [1.29, 1.82) is 0 Å². The molecule has 50 heavy (non-hydrogen) atoms. The number of rotatable bonds is 4. The number of aliphatic imine (C=N–C) groups is 1. The predicted molar refractivity (Wildman–Crippen MR) is 195 cm³/mol. The Kier molecular flexibility index (Phi) is 12.0. The van der Waals surface area contributed by atoms with Crippen LogP contribution >= 0.6 is 21.6 Å². The first kappa shape index (κ1) is 36.5. The number of carbonyl (C=O) groups is 1. The Labute approximate surface area is 301 Å². The minimum absolute atomic E-state index is 0.00996. The molecule has 0 unspecified atom stereocenters. The molecule has 3 aliphatic heterocycles. The van der Waals surface area contributed by atoms with Crippen LogP contribution < -0.4 is 20.1 Å². The van der Waals surface area contributed by atoms with Crippen LogP contribution in [0, 0.1) is 29.6 Å². The Bertz CT molecular complexity index is 1660. The first-order valence-corrected chi connectivity index (χ1v) is 19.9. The largest absolute Gasteiger partial charge is 0.504 e. The van der Waals surface area contributed by atoms with Gasteiger partial charge in [0.2, 0.25) is 6.29 Å². The van der Waals surface area contributed by atoms with Crippen LogP contribution in [-0.2, 0) is 30.5 Å². The van der Waals surface area contributed by atoms with Gasteiger partial charge in [0.1, 0.15) is 5.78 Å². The number of phenols is 2. The number of guanidine groups is 1. The highest BCUT2D eigenvalue weighted by Crippen LogP contribution is 2.46. The Morgan fingerprint density at radius 2 is 1.84 bits per heavy atom. The van der Waals surface area contributed by atoms with E-state index in [2.05, 4.69) is 36.3 Å². The standard InChI is InChI=1S/C37H47N3O8S2/c1-20(2)31-18-50-49-17-29(30-12-13-38-37(39-30)40-31)28-16-27-22-7-10-25(43)15-24(42)9-6-21-8-11-32(44)34(47-19-41)26(21)5-3-4-23(14-22)33(45)35(27)48-36(28)46/h8,11,14,20,25,28-31,36,41,43-46H,4,6-7,9-10,12-13,15-19H2,1-2H3,(H2,38,39,40)/t25-,28-,29-,30-,31-,36+/m1/s1. The number of aromatic hydroxyl groups is 2. The molecule has 2 aromatic carbocycles. The smallest absolute Gasteiger partial charge is 0.201 e. The molecule has 4 bridgehead atoms. The molecule has 1 saturated heterocycles. The van der Waals surface area contributed by atoms with E-state index in [-0.39, 0.29) is 72.0 Å². The number of hydrogen-bond donors (Lipinski definition) is 7. The van der Waals surface area contributed by atoms with E-state index in [1.807, 2.05) is 27.7 Å². The van der Waals surface area contributed by atoms with Crippen molar-refractivity contribution in [2.75, 3.05) is 24.8 Å². The highest BCUT2D eigenvalue weighted by atomic mass is 33.1. The summed E-state index contributed by atoms with van der Waals surface area (Å²) in [7, 11) is 3.64. The van der Waals surface area contributed by atoms with Crippen LogP contribution in [0.2, 0.25) is 0 Å². The summed E-state index contributed by atoms with van der Waals surface area (Å²) >= 11 is 0. The number of ether oxygens (including phenoxy) is 2. The van der Waals surface area contributed by atoms with E-state index < -0.39 is 19.2 Å². The van der Waals surface area contributed by atoms with Gasteiger partial charge in [-0.1, -0.05) is 59.4 Å². The third-order valence-corrected chi connectivity index (χ3v) is 12.7. The van der Waals surface area contributed by atoms with Crippen molar-refractivity contribution in [3.05, 3.63) is 46.0 Å². The number of nitrogens with zero attached hydrogens (tertiary/aromatic N) is 1. The van der Waals surface area contributed by atoms with Crippen LogP contribution in [0.15, 0.2) is 23.2 Å². The Hall–Kier alpha value is -3.28. The first-order chi connectivity index (χ1) is 24.1. The summed E-state index contributed by atoms with van der Waals surface area (Å²) in [4.78, 5) is 17.7. The number of aliphatic hydroxyl groups excluding tert-OH is 3. The molecule has 1 aliphatic carbocycles. The molecule has 0 amide bonds. The fraction of sp³-hybridized carbons (Fsp3) is 0.568. The maximum absolute atomic E-state index is 12.9. The quantitative estimate of drug-likeness (QED) is 0.139. The molecule has 0 saturated carbocycles. The first-order valence-electron chi connectivity index (χ1n) is 17.4. The van der Waals surface area contributed by atoms with E-state index >= 15 is 0 Å². The van der Waals surface area contributed by atoms with E-state index in [9.17, 15) is 30.3 Å². The number of nitrogens with one attached hydrogen (secondary N) is 2. The molecule has 0 radical (unpaired) electrons. The second kappa shape index (κ2) is 16.4. The number of phenolic OH excluding ortho intramolecular Hbond substituents is 2. The lowest BCUT2D eigenvalue weighted by atomic mass is 9.78. The molecular weight excluding hydrogens is 679 g/mol. The monoisotopic (exact) mass is 725 g/mol. The molecule has 6 atom stereocenters. The van der Waals surface area contributed by atoms with Crippen LogP contribution in [0.1, 0.15) is 67.3 Å². The van der Waals surface area contributed by atoms with Crippen LogP contribution in [0.25, 0.3) is 0 Å². The van der Waals surface area contributed by atoms with Gasteiger partial charge < -0.3 is 45.6 Å². The highest BCUT2D eigenvalue weighted by Gasteiger charge is 2.42. The molecule has 13 heteroatoms. The molecule has 2 aromatic rings. The number of fused-ring (bicyclic) bond motifs is 7. The van der Waals surface area contributed by atoms with Gasteiger partial charge in [0, 0.05) is 66.4 Å². The van der Waals surface area contributed by atoms with Crippen LogP contribution in [0.4, 0.5) is 0 Å². The highest BCUT2D eigenvalue weighted by molar-refractivity contribution is 8.76. The van der Waals surface area contributed by atoms with Crippen molar-refractivity contribution in [3.8, 4) is 34.8 Å². The van der Waals surface area contributed by atoms with E-state index in [0.717, 1.165) is 35.0 Å². The second-order valence-electron chi connectivity index (χ2n) is 13.9. The van der Waals surface area contributed by atoms with E-state index in [1.165, 1.54) is 6.07 Å². The third-order valence-electron chi connectivity index (χ3n) is 10.2. The normalized spacial score (nSPS) is 27.3. The van der Waals surface area contributed by atoms with E-state index in [0.29, 0.717) is 54.8 Å². The lowest BCUT2D eigenvalue weighted by Gasteiger charge is -2.42. The third kappa shape index (κ3) is 8.26. The summed E-state index contributed by atoms with van der Waals surface area (Å²) in [5.41, 5.74) is 3.16. The lowest BCUT2D eigenvalue weighted by molar-refractivity contribution is -0.121. The Balaban J connectivity index is 1.34. The summed E-state index contributed by atoms with van der Waals surface area (Å²) in [6.45, 7) is 4.42. The van der Waals surface area contributed by atoms with Crippen molar-refractivity contribution >= 4 is 33.3 Å². The number of aryl methyl sites for hydroxylation is 2. The second-order valence-corrected chi connectivity index (χ2v) is 16.4. The van der Waals surface area contributed by atoms with Crippen LogP contribution in [0.5, 0.6) is 23.0 Å². The van der Waals surface area contributed by atoms with Crippen molar-refractivity contribution < 1.29 is 39.8 Å². The van der Waals surface area contributed by atoms with Gasteiger partial charge in [-0.2, -0.15) is 0 Å². The number of benzene rings is 2. The minimum Gasteiger partial charge on any atom is -0.504 e. The molecule has 1 fully saturated rings. The van der Waals surface area contributed by atoms with Gasteiger partial charge in [-0.15, -0.1) is 0 Å². The number of aliphatic hydroxyl groups is 3. The predicted octanol–water partition coefficient (Wildman–Crippen LogP) is 3.43. The topological polar surface area (TPSA) is 173 Å². The lowest BCUT2D eigenvalue weighted by Crippen LogP contribution is -2.57. The fourth-order valence-electron chi connectivity index (χ4n) is 7.26. The van der Waals surface area contributed by atoms with Crippen LogP contribution in [-0.4, -0.2) is 86.6 Å². The van der Waals surface area contributed by atoms with Gasteiger partial charge >= 0.3 is 0 Å². The van der Waals surface area contributed by atoms with Gasteiger partial charge in [-0.25, -0.2) is 0 Å². The summed E-state index contributed by atoms with van der Waals surface area (Å²) in [5.74, 6) is 8.70. The van der Waals surface area contributed by atoms with E-state index in [4.69, 9.17) is 14.5 Å². The fourth-order valence-corrected chi connectivity index (χ4v) is 10.2. The molecule has 4 aliphatic rings. The van der Waals surface area contributed by atoms with Gasteiger partial charge in [0.15, 0.2) is 35.8 Å². The zero-order chi connectivity index (χ0) is 35.4. The number of hydrogen-bond acceptors (Lipinski definition) is 13. The van der Waals surface area contributed by atoms with E-state index in [1.54, 1.807) is 6.07 Å².